The number of rotatable bonds is 6. The number of carbonyl (C=O) groups excluding carboxylic acids is 2. The molecule has 0 aliphatic rings. The van der Waals surface area contributed by atoms with Crippen molar-refractivity contribution in [1.82, 2.24) is 10.2 Å². The molecule has 0 aromatic heterocycles. The number of hydrogen-bond donors (Lipinski definition) is 2. The number of amides is 3. The van der Waals surface area contributed by atoms with Crippen LogP contribution in [0.1, 0.15) is 20.8 Å². The first-order valence-electron chi connectivity index (χ1n) is 5.61. The molecule has 0 aliphatic heterocycles. The van der Waals surface area contributed by atoms with E-state index in [1.165, 1.54) is 4.90 Å². The molecule has 0 saturated carbocycles. The average Bonchev–Trinajstić information content (AvgIpc) is 2.26. The number of carboxylic acids is 1. The zero-order chi connectivity index (χ0) is 14.3. The standard InChI is InChI=1S/C11H20N2O5/c1-7(2)8(3)13(4)11(17)12-9(14)5-18-6-10(15)16/h7-8H,5-6H2,1-4H3,(H,15,16)(H,12,14,17). The van der Waals surface area contributed by atoms with Crippen molar-refractivity contribution in [3.8, 4) is 0 Å². The molecule has 1 unspecified atom stereocenters. The van der Waals surface area contributed by atoms with E-state index in [1.807, 2.05) is 20.8 Å². The van der Waals surface area contributed by atoms with Gasteiger partial charge in [-0.2, -0.15) is 0 Å². The number of urea groups is 1. The normalized spacial score (nSPS) is 12.1. The Hall–Kier alpha value is -1.63. The van der Waals surface area contributed by atoms with Crippen LogP contribution in [-0.4, -0.2) is 54.2 Å². The fourth-order valence-corrected chi connectivity index (χ4v) is 1.11. The number of imide groups is 1. The first-order chi connectivity index (χ1) is 8.25. The van der Waals surface area contributed by atoms with Crippen molar-refractivity contribution in [3.05, 3.63) is 0 Å². The topological polar surface area (TPSA) is 95.9 Å². The van der Waals surface area contributed by atoms with Crippen LogP contribution < -0.4 is 5.32 Å². The Morgan fingerprint density at radius 3 is 2.22 bits per heavy atom. The molecule has 1 atom stereocenters. The fraction of sp³-hybridized carbons (Fsp3) is 0.727. The van der Waals surface area contributed by atoms with Crippen LogP contribution >= 0.6 is 0 Å². The molecule has 2 N–H and O–H groups in total. The minimum Gasteiger partial charge on any atom is -0.480 e. The molecule has 0 aromatic rings. The van der Waals surface area contributed by atoms with E-state index in [9.17, 15) is 14.4 Å². The van der Waals surface area contributed by atoms with Crippen molar-refractivity contribution in [3.63, 3.8) is 0 Å². The maximum atomic E-state index is 11.6. The molecule has 0 rings (SSSR count). The molecule has 0 fully saturated rings. The Labute approximate surface area is 106 Å². The summed E-state index contributed by atoms with van der Waals surface area (Å²) in [5, 5.41) is 10.4. The number of ether oxygens (including phenoxy) is 1. The van der Waals surface area contributed by atoms with Gasteiger partial charge in [0, 0.05) is 13.1 Å². The van der Waals surface area contributed by atoms with E-state index in [4.69, 9.17) is 5.11 Å². The minimum atomic E-state index is -1.17. The second kappa shape index (κ2) is 7.65. The highest BCUT2D eigenvalue weighted by atomic mass is 16.5. The number of carbonyl (C=O) groups is 3. The van der Waals surface area contributed by atoms with Gasteiger partial charge in [0.05, 0.1) is 0 Å². The molecular formula is C11H20N2O5. The van der Waals surface area contributed by atoms with Crippen LogP contribution in [0.2, 0.25) is 0 Å². The molecule has 0 aliphatic carbocycles. The zero-order valence-corrected chi connectivity index (χ0v) is 11.1. The summed E-state index contributed by atoms with van der Waals surface area (Å²) in [4.78, 5) is 34.4. The maximum absolute atomic E-state index is 11.6. The van der Waals surface area contributed by atoms with Crippen LogP contribution in [0.4, 0.5) is 4.79 Å². The highest BCUT2D eigenvalue weighted by Gasteiger charge is 2.20. The van der Waals surface area contributed by atoms with Crippen LogP contribution in [0, 0.1) is 5.92 Å². The summed E-state index contributed by atoms with van der Waals surface area (Å²) in [6.45, 7) is 4.77. The van der Waals surface area contributed by atoms with Gasteiger partial charge in [-0.25, -0.2) is 9.59 Å². The van der Waals surface area contributed by atoms with Crippen molar-refractivity contribution >= 4 is 17.9 Å². The van der Waals surface area contributed by atoms with Gasteiger partial charge in [0.25, 0.3) is 5.91 Å². The number of nitrogens with one attached hydrogen (secondary N) is 1. The lowest BCUT2D eigenvalue weighted by Crippen LogP contribution is -2.47. The number of carboxylic acid groups (broad SMARTS) is 1. The third-order valence-electron chi connectivity index (χ3n) is 2.60. The van der Waals surface area contributed by atoms with Crippen molar-refractivity contribution in [1.29, 1.82) is 0 Å². The van der Waals surface area contributed by atoms with E-state index in [-0.39, 0.29) is 12.0 Å². The van der Waals surface area contributed by atoms with Gasteiger partial charge >= 0.3 is 12.0 Å². The first kappa shape index (κ1) is 16.4. The monoisotopic (exact) mass is 260 g/mol. The smallest absolute Gasteiger partial charge is 0.329 e. The Morgan fingerprint density at radius 2 is 1.78 bits per heavy atom. The van der Waals surface area contributed by atoms with Crippen molar-refractivity contribution < 1.29 is 24.2 Å². The van der Waals surface area contributed by atoms with Gasteiger partial charge in [-0.3, -0.25) is 10.1 Å². The molecule has 0 aromatic carbocycles. The van der Waals surface area contributed by atoms with Crippen LogP contribution in [0.5, 0.6) is 0 Å². The van der Waals surface area contributed by atoms with Gasteiger partial charge < -0.3 is 14.7 Å². The molecule has 0 spiro atoms. The highest BCUT2D eigenvalue weighted by molar-refractivity contribution is 5.95. The van der Waals surface area contributed by atoms with E-state index in [0.29, 0.717) is 0 Å². The zero-order valence-electron chi connectivity index (χ0n) is 11.1. The van der Waals surface area contributed by atoms with Crippen molar-refractivity contribution in [2.75, 3.05) is 20.3 Å². The van der Waals surface area contributed by atoms with Crippen LogP contribution in [0.25, 0.3) is 0 Å². The quantitative estimate of drug-likeness (QED) is 0.716. The predicted octanol–water partition coefficient (Wildman–Crippen LogP) is 0.300. The molecule has 0 radical (unpaired) electrons. The van der Waals surface area contributed by atoms with Crippen LogP contribution in [0.3, 0.4) is 0 Å². The van der Waals surface area contributed by atoms with Gasteiger partial charge in [0.1, 0.15) is 13.2 Å². The molecule has 7 nitrogen and oxygen atoms in total. The largest absolute Gasteiger partial charge is 0.480 e. The second-order valence-corrected chi connectivity index (χ2v) is 4.34. The fourth-order valence-electron chi connectivity index (χ4n) is 1.11. The second-order valence-electron chi connectivity index (χ2n) is 4.34. The summed E-state index contributed by atoms with van der Waals surface area (Å²) in [6.07, 6.45) is 0. The Morgan fingerprint density at radius 1 is 1.22 bits per heavy atom. The van der Waals surface area contributed by atoms with Crippen molar-refractivity contribution in [2.24, 2.45) is 5.92 Å². The SMILES string of the molecule is CC(C)C(C)N(C)C(=O)NC(=O)COCC(=O)O. The summed E-state index contributed by atoms with van der Waals surface area (Å²) in [7, 11) is 1.59. The maximum Gasteiger partial charge on any atom is 0.329 e. The van der Waals surface area contributed by atoms with E-state index in [0.717, 1.165) is 0 Å². The summed E-state index contributed by atoms with van der Waals surface area (Å²) in [6, 6.07) is -0.544. The molecule has 0 saturated heterocycles. The minimum absolute atomic E-state index is 0.0160. The lowest BCUT2D eigenvalue weighted by Gasteiger charge is -2.27. The van der Waals surface area contributed by atoms with E-state index < -0.39 is 31.1 Å². The summed E-state index contributed by atoms with van der Waals surface area (Å²) in [5.41, 5.74) is 0. The third-order valence-corrected chi connectivity index (χ3v) is 2.60. The van der Waals surface area contributed by atoms with Crippen LogP contribution in [-0.2, 0) is 14.3 Å². The van der Waals surface area contributed by atoms with Gasteiger partial charge in [0.15, 0.2) is 0 Å². The molecule has 0 heterocycles. The average molecular weight is 260 g/mol. The molecule has 0 bridgehead atoms. The number of nitrogens with zero attached hydrogens (tertiary/aromatic N) is 1. The van der Waals surface area contributed by atoms with Crippen LogP contribution in [0.15, 0.2) is 0 Å². The Kier molecular flexibility index (Phi) is 6.96. The molecule has 3 amide bonds. The Bertz CT molecular complexity index is 317. The molecular weight excluding hydrogens is 240 g/mol. The van der Waals surface area contributed by atoms with E-state index in [1.54, 1.807) is 7.05 Å². The Balaban J connectivity index is 4.07. The van der Waals surface area contributed by atoms with Gasteiger partial charge in [-0.05, 0) is 12.8 Å². The lowest BCUT2D eigenvalue weighted by molar-refractivity contribution is -0.143. The van der Waals surface area contributed by atoms with Crippen molar-refractivity contribution in [2.45, 2.75) is 26.8 Å². The highest BCUT2D eigenvalue weighted by Crippen LogP contribution is 2.07. The summed E-state index contributed by atoms with van der Waals surface area (Å²) >= 11 is 0. The molecule has 18 heavy (non-hydrogen) atoms. The molecule has 104 valence electrons. The number of hydrogen-bond acceptors (Lipinski definition) is 4. The van der Waals surface area contributed by atoms with Gasteiger partial charge in [-0.15, -0.1) is 0 Å². The predicted molar refractivity (Wildman–Crippen MR) is 64.1 cm³/mol. The molecule has 7 heteroatoms. The van der Waals surface area contributed by atoms with E-state index in [2.05, 4.69) is 10.1 Å². The summed E-state index contributed by atoms with van der Waals surface area (Å²) < 4.78 is 4.56. The van der Waals surface area contributed by atoms with E-state index >= 15 is 0 Å². The first-order valence-corrected chi connectivity index (χ1v) is 5.61. The summed E-state index contributed by atoms with van der Waals surface area (Å²) in [5.74, 6) is -1.57. The van der Waals surface area contributed by atoms with Gasteiger partial charge in [-0.1, -0.05) is 13.8 Å². The number of aliphatic carboxylic acids is 1. The lowest BCUT2D eigenvalue weighted by atomic mass is 10.1. The van der Waals surface area contributed by atoms with Gasteiger partial charge in [0.2, 0.25) is 0 Å². The third kappa shape index (κ3) is 6.19.